The molecule has 0 saturated heterocycles. The van der Waals surface area contributed by atoms with Crippen molar-refractivity contribution >= 4 is 0 Å². The Morgan fingerprint density at radius 2 is 2.00 bits per heavy atom. The van der Waals surface area contributed by atoms with Gasteiger partial charge in [-0.05, 0) is 19.5 Å². The Bertz CT molecular complexity index is 333. The number of aryl methyl sites for hydroxylation is 1. The maximum atomic E-state index is 9.23. The molecule has 0 amide bonds. The van der Waals surface area contributed by atoms with Crippen LogP contribution in [0.2, 0.25) is 0 Å². The molecule has 0 aliphatic carbocycles. The van der Waals surface area contributed by atoms with Gasteiger partial charge in [0.15, 0.2) is 0 Å². The quantitative estimate of drug-likeness (QED) is 0.825. The van der Waals surface area contributed by atoms with Gasteiger partial charge >= 0.3 is 0 Å². The summed E-state index contributed by atoms with van der Waals surface area (Å²) in [5.41, 5.74) is 2.60. The molecular formula is C14H23NO. The highest BCUT2D eigenvalue weighted by molar-refractivity contribution is 5.21. The topological polar surface area (TPSA) is 23.5 Å². The van der Waals surface area contributed by atoms with Crippen molar-refractivity contribution in [1.82, 2.24) is 4.90 Å². The Balaban J connectivity index is 2.55. The van der Waals surface area contributed by atoms with Crippen molar-refractivity contribution < 1.29 is 5.11 Å². The third kappa shape index (κ3) is 4.33. The molecule has 0 saturated carbocycles. The summed E-state index contributed by atoms with van der Waals surface area (Å²) in [5.74, 6) is 0. The maximum Gasteiger partial charge on any atom is 0.0494 e. The molecule has 1 N–H and O–H groups in total. The monoisotopic (exact) mass is 221 g/mol. The summed E-state index contributed by atoms with van der Waals surface area (Å²) >= 11 is 0. The van der Waals surface area contributed by atoms with E-state index in [2.05, 4.69) is 57.0 Å². The highest BCUT2D eigenvalue weighted by Crippen LogP contribution is 2.16. The van der Waals surface area contributed by atoms with Crippen LogP contribution in [0.4, 0.5) is 0 Å². The lowest BCUT2D eigenvalue weighted by Gasteiger charge is -2.28. The van der Waals surface area contributed by atoms with E-state index in [-0.39, 0.29) is 12.0 Å². The van der Waals surface area contributed by atoms with Crippen LogP contribution in [0.15, 0.2) is 24.3 Å². The van der Waals surface area contributed by atoms with Crippen molar-refractivity contribution in [3.05, 3.63) is 35.4 Å². The molecule has 2 nitrogen and oxygen atoms in total. The first-order valence-electron chi connectivity index (χ1n) is 5.78. The molecule has 0 fully saturated rings. The van der Waals surface area contributed by atoms with Gasteiger partial charge in [-0.3, -0.25) is 0 Å². The van der Waals surface area contributed by atoms with Crippen molar-refractivity contribution in [3.63, 3.8) is 0 Å². The van der Waals surface area contributed by atoms with Gasteiger partial charge in [-0.15, -0.1) is 0 Å². The molecule has 0 aliphatic heterocycles. The minimum atomic E-state index is -0.0292. The molecule has 0 spiro atoms. The molecule has 0 atom stereocenters. The third-order valence-electron chi connectivity index (χ3n) is 2.66. The molecule has 0 radical (unpaired) electrons. The summed E-state index contributed by atoms with van der Waals surface area (Å²) in [5, 5.41) is 9.23. The lowest BCUT2D eigenvalue weighted by atomic mass is 9.94. The van der Waals surface area contributed by atoms with Gasteiger partial charge in [0.1, 0.15) is 0 Å². The number of hydrogen-bond acceptors (Lipinski definition) is 2. The standard InChI is InChI=1S/C14H23NO/c1-12-6-5-7-13(8-12)9-15(4)10-14(2,3)11-16/h5-8,16H,9-11H2,1-4H3. The van der Waals surface area contributed by atoms with Crippen LogP contribution >= 0.6 is 0 Å². The summed E-state index contributed by atoms with van der Waals surface area (Å²) < 4.78 is 0. The molecule has 0 aliphatic rings. The largest absolute Gasteiger partial charge is 0.396 e. The number of aliphatic hydroxyl groups is 1. The fourth-order valence-electron chi connectivity index (χ4n) is 1.96. The summed E-state index contributed by atoms with van der Waals surface area (Å²) in [6.07, 6.45) is 0. The van der Waals surface area contributed by atoms with E-state index in [1.165, 1.54) is 11.1 Å². The Hall–Kier alpha value is -0.860. The first-order chi connectivity index (χ1) is 7.43. The van der Waals surface area contributed by atoms with Crippen LogP contribution < -0.4 is 0 Å². The Morgan fingerprint density at radius 3 is 2.56 bits per heavy atom. The van der Waals surface area contributed by atoms with E-state index in [4.69, 9.17) is 0 Å². The molecule has 1 rings (SSSR count). The fourth-order valence-corrected chi connectivity index (χ4v) is 1.96. The Labute approximate surface area is 98.9 Å². The van der Waals surface area contributed by atoms with Crippen LogP contribution in [-0.4, -0.2) is 30.2 Å². The molecule has 16 heavy (non-hydrogen) atoms. The lowest BCUT2D eigenvalue weighted by Crippen LogP contribution is -2.33. The predicted octanol–water partition coefficient (Wildman–Crippen LogP) is 2.45. The van der Waals surface area contributed by atoms with E-state index in [1.807, 2.05) is 0 Å². The second-order valence-electron chi connectivity index (χ2n) is 5.48. The second kappa shape index (κ2) is 5.46. The first-order valence-corrected chi connectivity index (χ1v) is 5.78. The van der Waals surface area contributed by atoms with Gasteiger partial charge in [-0.25, -0.2) is 0 Å². The number of aliphatic hydroxyl groups excluding tert-OH is 1. The minimum absolute atomic E-state index is 0.0292. The van der Waals surface area contributed by atoms with Gasteiger partial charge in [0, 0.05) is 25.1 Å². The van der Waals surface area contributed by atoms with E-state index < -0.39 is 0 Å². The molecule has 0 unspecified atom stereocenters. The van der Waals surface area contributed by atoms with Gasteiger partial charge < -0.3 is 10.0 Å². The van der Waals surface area contributed by atoms with Crippen molar-refractivity contribution in [1.29, 1.82) is 0 Å². The van der Waals surface area contributed by atoms with Crippen molar-refractivity contribution in [2.24, 2.45) is 5.41 Å². The highest BCUT2D eigenvalue weighted by atomic mass is 16.3. The van der Waals surface area contributed by atoms with Gasteiger partial charge in [0.25, 0.3) is 0 Å². The predicted molar refractivity (Wildman–Crippen MR) is 68.4 cm³/mol. The first kappa shape index (κ1) is 13.2. The molecular weight excluding hydrogens is 198 g/mol. The lowest BCUT2D eigenvalue weighted by molar-refractivity contribution is 0.112. The average molecular weight is 221 g/mol. The van der Waals surface area contributed by atoms with E-state index in [9.17, 15) is 5.11 Å². The fraction of sp³-hybridized carbons (Fsp3) is 0.571. The van der Waals surface area contributed by atoms with E-state index in [0.29, 0.717) is 0 Å². The summed E-state index contributed by atoms with van der Waals surface area (Å²) in [6, 6.07) is 8.56. The zero-order valence-electron chi connectivity index (χ0n) is 10.8. The minimum Gasteiger partial charge on any atom is -0.396 e. The van der Waals surface area contributed by atoms with Crippen molar-refractivity contribution in [2.45, 2.75) is 27.3 Å². The van der Waals surface area contributed by atoms with Crippen LogP contribution in [0.1, 0.15) is 25.0 Å². The number of benzene rings is 1. The summed E-state index contributed by atoms with van der Waals surface area (Å²) in [7, 11) is 2.10. The molecule has 0 heterocycles. The molecule has 0 bridgehead atoms. The van der Waals surface area contributed by atoms with E-state index in [1.54, 1.807) is 0 Å². The number of rotatable bonds is 5. The van der Waals surface area contributed by atoms with E-state index in [0.717, 1.165) is 13.1 Å². The zero-order chi connectivity index (χ0) is 12.2. The molecule has 2 heteroatoms. The second-order valence-corrected chi connectivity index (χ2v) is 5.48. The van der Waals surface area contributed by atoms with E-state index >= 15 is 0 Å². The number of hydrogen-bond donors (Lipinski definition) is 1. The molecule has 0 aromatic heterocycles. The average Bonchev–Trinajstić information content (AvgIpc) is 2.16. The molecule has 90 valence electrons. The smallest absolute Gasteiger partial charge is 0.0494 e. The van der Waals surface area contributed by atoms with Crippen LogP contribution in [0, 0.1) is 12.3 Å². The van der Waals surface area contributed by atoms with Crippen LogP contribution in [0.5, 0.6) is 0 Å². The summed E-state index contributed by atoms with van der Waals surface area (Å²) in [4.78, 5) is 2.25. The van der Waals surface area contributed by atoms with Crippen molar-refractivity contribution in [2.75, 3.05) is 20.2 Å². The Morgan fingerprint density at radius 1 is 1.31 bits per heavy atom. The summed E-state index contributed by atoms with van der Waals surface area (Å²) in [6.45, 7) is 8.34. The zero-order valence-corrected chi connectivity index (χ0v) is 10.8. The van der Waals surface area contributed by atoms with Gasteiger partial charge in [0.2, 0.25) is 0 Å². The van der Waals surface area contributed by atoms with Crippen LogP contribution in [0.25, 0.3) is 0 Å². The molecule has 1 aromatic carbocycles. The molecule has 1 aromatic rings. The van der Waals surface area contributed by atoms with Gasteiger partial charge in [-0.1, -0.05) is 43.7 Å². The normalized spacial score (nSPS) is 12.1. The maximum absolute atomic E-state index is 9.23. The van der Waals surface area contributed by atoms with Crippen LogP contribution in [-0.2, 0) is 6.54 Å². The van der Waals surface area contributed by atoms with Crippen molar-refractivity contribution in [3.8, 4) is 0 Å². The SMILES string of the molecule is Cc1cccc(CN(C)CC(C)(C)CO)c1. The van der Waals surface area contributed by atoms with Gasteiger partial charge in [-0.2, -0.15) is 0 Å². The highest BCUT2D eigenvalue weighted by Gasteiger charge is 2.18. The third-order valence-corrected chi connectivity index (χ3v) is 2.66. The van der Waals surface area contributed by atoms with Gasteiger partial charge in [0.05, 0.1) is 0 Å². The Kier molecular flexibility index (Phi) is 4.51. The van der Waals surface area contributed by atoms with Crippen LogP contribution in [0.3, 0.4) is 0 Å². The number of nitrogens with zero attached hydrogens (tertiary/aromatic N) is 1.